The molecule has 76 valence electrons. The van der Waals surface area contributed by atoms with Crippen molar-refractivity contribution in [2.24, 2.45) is 0 Å². The van der Waals surface area contributed by atoms with Gasteiger partial charge in [-0.25, -0.2) is 4.79 Å². The zero-order valence-electron chi connectivity index (χ0n) is 8.11. The molecule has 1 unspecified atom stereocenters. The van der Waals surface area contributed by atoms with Crippen LogP contribution in [-0.4, -0.2) is 19.1 Å². The number of hydrogen-bond acceptors (Lipinski definition) is 3. The molecule has 0 amide bonds. The summed E-state index contributed by atoms with van der Waals surface area (Å²) in [6, 6.07) is 8.75. The van der Waals surface area contributed by atoms with E-state index in [0.29, 0.717) is 0 Å². The van der Waals surface area contributed by atoms with Crippen LogP contribution in [0.25, 0.3) is 0 Å². The topological polar surface area (TPSA) is 29.5 Å². The number of carbonyl (C=O) groups is 1. The van der Waals surface area contributed by atoms with Crippen LogP contribution in [-0.2, 0) is 9.53 Å². The van der Waals surface area contributed by atoms with Gasteiger partial charge in [0.1, 0.15) is 6.04 Å². The minimum atomic E-state index is -0.496. The summed E-state index contributed by atoms with van der Waals surface area (Å²) in [5.74, 6) is -0.358. The Hall–Kier alpha value is -1.22. The maximum Gasteiger partial charge on any atom is 0.329 e. The number of ether oxygens (including phenoxy) is 1. The Bertz CT molecular complexity index is 302. The molecule has 0 spiro atoms. The molecule has 3 nitrogen and oxygen atoms in total. The maximum absolute atomic E-state index is 11.2. The van der Waals surface area contributed by atoms with E-state index in [-0.39, 0.29) is 5.97 Å². The Morgan fingerprint density at radius 3 is 2.50 bits per heavy atom. The number of benzene rings is 1. The predicted molar refractivity (Wildman–Crippen MR) is 56.3 cm³/mol. The van der Waals surface area contributed by atoms with Gasteiger partial charge in [-0.1, -0.05) is 18.2 Å². The van der Waals surface area contributed by atoms with Crippen molar-refractivity contribution in [2.75, 3.05) is 11.5 Å². The molecule has 0 aliphatic rings. The van der Waals surface area contributed by atoms with E-state index in [1.807, 2.05) is 30.3 Å². The fourth-order valence-corrected chi connectivity index (χ4v) is 1.25. The second-order valence-electron chi connectivity index (χ2n) is 2.85. The summed E-state index contributed by atoms with van der Waals surface area (Å²) in [7, 11) is 1.34. The summed E-state index contributed by atoms with van der Waals surface area (Å²) in [5, 5.41) is 0. The molecule has 1 aromatic carbocycles. The molecule has 4 heteroatoms. The van der Waals surface area contributed by atoms with Crippen molar-refractivity contribution >= 4 is 23.4 Å². The Morgan fingerprint density at radius 2 is 2.00 bits per heavy atom. The van der Waals surface area contributed by atoms with E-state index in [4.69, 9.17) is 11.8 Å². The SMILES string of the molecule is COC(=O)C(C)N(Cl)c1ccccc1. The first-order valence-corrected chi connectivity index (χ1v) is 4.58. The van der Waals surface area contributed by atoms with Gasteiger partial charge in [0.25, 0.3) is 0 Å². The van der Waals surface area contributed by atoms with Crippen LogP contribution in [0.4, 0.5) is 5.69 Å². The largest absolute Gasteiger partial charge is 0.467 e. The highest BCUT2D eigenvalue weighted by molar-refractivity contribution is 6.27. The number of nitrogens with zero attached hydrogens (tertiary/aromatic N) is 1. The molecule has 0 saturated carbocycles. The van der Waals surface area contributed by atoms with E-state index >= 15 is 0 Å². The van der Waals surface area contributed by atoms with E-state index in [2.05, 4.69) is 4.74 Å². The van der Waals surface area contributed by atoms with Crippen molar-refractivity contribution in [3.05, 3.63) is 30.3 Å². The maximum atomic E-state index is 11.2. The van der Waals surface area contributed by atoms with Gasteiger partial charge in [-0.05, 0) is 19.1 Å². The van der Waals surface area contributed by atoms with E-state index in [1.54, 1.807) is 6.92 Å². The smallest absolute Gasteiger partial charge is 0.329 e. The average Bonchev–Trinajstić information content (AvgIpc) is 2.27. The first kappa shape index (κ1) is 10.9. The summed E-state index contributed by atoms with van der Waals surface area (Å²) < 4.78 is 5.94. The highest BCUT2D eigenvalue weighted by Gasteiger charge is 2.20. The molecule has 1 rings (SSSR count). The summed E-state index contributed by atoms with van der Waals surface area (Å²) in [4.78, 5) is 11.2. The highest BCUT2D eigenvalue weighted by atomic mass is 35.5. The standard InChI is InChI=1S/C10H12ClNO2/c1-8(10(13)14-2)12(11)9-6-4-3-5-7-9/h3-8H,1-2H3. The molecule has 0 heterocycles. The number of esters is 1. The molecule has 0 aliphatic heterocycles. The summed E-state index contributed by atoms with van der Waals surface area (Å²) >= 11 is 5.96. The van der Waals surface area contributed by atoms with Crippen molar-refractivity contribution in [2.45, 2.75) is 13.0 Å². The lowest BCUT2D eigenvalue weighted by Gasteiger charge is -2.21. The van der Waals surface area contributed by atoms with Crippen LogP contribution in [0.3, 0.4) is 0 Å². The molecule has 0 aliphatic carbocycles. The van der Waals surface area contributed by atoms with Gasteiger partial charge in [0.2, 0.25) is 0 Å². The molecular formula is C10H12ClNO2. The van der Waals surface area contributed by atoms with Crippen molar-refractivity contribution in [3.63, 3.8) is 0 Å². The molecule has 0 fully saturated rings. The molecule has 0 aromatic heterocycles. The van der Waals surface area contributed by atoms with Gasteiger partial charge in [-0.3, -0.25) is 4.42 Å². The number of para-hydroxylation sites is 1. The van der Waals surface area contributed by atoms with Crippen LogP contribution in [0.1, 0.15) is 6.92 Å². The first-order chi connectivity index (χ1) is 6.66. The highest BCUT2D eigenvalue weighted by Crippen LogP contribution is 2.19. The van der Waals surface area contributed by atoms with Crippen molar-refractivity contribution in [1.82, 2.24) is 0 Å². The molecule has 14 heavy (non-hydrogen) atoms. The van der Waals surface area contributed by atoms with Crippen LogP contribution < -0.4 is 4.42 Å². The summed E-state index contributed by atoms with van der Waals surface area (Å²) in [6.45, 7) is 1.69. The molecular weight excluding hydrogens is 202 g/mol. The minimum absolute atomic E-state index is 0.358. The number of anilines is 1. The number of halogens is 1. The van der Waals surface area contributed by atoms with Crippen molar-refractivity contribution in [1.29, 1.82) is 0 Å². The first-order valence-electron chi connectivity index (χ1n) is 4.24. The summed E-state index contributed by atoms with van der Waals surface area (Å²) in [6.07, 6.45) is 0. The Labute approximate surface area is 88.3 Å². The van der Waals surface area contributed by atoms with Crippen molar-refractivity contribution in [3.8, 4) is 0 Å². The van der Waals surface area contributed by atoms with Gasteiger partial charge < -0.3 is 4.74 Å². The normalized spacial score (nSPS) is 11.9. The van der Waals surface area contributed by atoms with E-state index < -0.39 is 6.04 Å². The van der Waals surface area contributed by atoms with Gasteiger partial charge >= 0.3 is 5.97 Å². The van der Waals surface area contributed by atoms with Gasteiger partial charge in [0.05, 0.1) is 12.8 Å². The third-order valence-corrected chi connectivity index (χ3v) is 2.37. The Balaban J connectivity index is 2.75. The van der Waals surface area contributed by atoms with Gasteiger partial charge in [-0.15, -0.1) is 0 Å². The molecule has 1 atom stereocenters. The van der Waals surface area contributed by atoms with Crippen LogP contribution in [0.5, 0.6) is 0 Å². The molecule has 0 bridgehead atoms. The fourth-order valence-electron chi connectivity index (χ4n) is 1.06. The van der Waals surface area contributed by atoms with Gasteiger partial charge in [0.15, 0.2) is 0 Å². The lowest BCUT2D eigenvalue weighted by atomic mass is 10.2. The lowest BCUT2D eigenvalue weighted by Crippen LogP contribution is -2.32. The third-order valence-electron chi connectivity index (χ3n) is 1.89. The number of hydrogen-bond donors (Lipinski definition) is 0. The van der Waals surface area contributed by atoms with Gasteiger partial charge in [-0.2, -0.15) is 0 Å². The molecule has 1 aromatic rings. The number of methoxy groups -OCH3 is 1. The van der Waals surface area contributed by atoms with E-state index in [0.717, 1.165) is 5.69 Å². The van der Waals surface area contributed by atoms with Crippen molar-refractivity contribution < 1.29 is 9.53 Å². The van der Waals surface area contributed by atoms with Gasteiger partial charge in [0, 0.05) is 11.8 Å². The Kier molecular flexibility index (Phi) is 3.77. The third kappa shape index (κ3) is 2.39. The second kappa shape index (κ2) is 4.86. The number of carbonyl (C=O) groups excluding carboxylic acids is 1. The van der Waals surface area contributed by atoms with E-state index in [9.17, 15) is 4.79 Å². The lowest BCUT2D eigenvalue weighted by molar-refractivity contribution is -0.141. The Morgan fingerprint density at radius 1 is 1.43 bits per heavy atom. The predicted octanol–water partition coefficient (Wildman–Crippen LogP) is 2.21. The zero-order valence-corrected chi connectivity index (χ0v) is 8.86. The van der Waals surface area contributed by atoms with E-state index in [1.165, 1.54) is 11.5 Å². The van der Waals surface area contributed by atoms with Crippen LogP contribution in [0, 0.1) is 0 Å². The number of rotatable bonds is 3. The minimum Gasteiger partial charge on any atom is -0.467 e. The fraction of sp³-hybridized carbons (Fsp3) is 0.300. The summed E-state index contributed by atoms with van der Waals surface area (Å²) in [5.41, 5.74) is 0.770. The monoisotopic (exact) mass is 213 g/mol. The zero-order chi connectivity index (χ0) is 10.6. The quantitative estimate of drug-likeness (QED) is 0.570. The molecule has 0 saturated heterocycles. The average molecular weight is 214 g/mol. The van der Waals surface area contributed by atoms with Crippen LogP contribution in [0.2, 0.25) is 0 Å². The molecule has 0 N–H and O–H groups in total. The van der Waals surface area contributed by atoms with Crippen LogP contribution >= 0.6 is 11.8 Å². The van der Waals surface area contributed by atoms with Crippen LogP contribution in [0.15, 0.2) is 30.3 Å². The second-order valence-corrected chi connectivity index (χ2v) is 3.21. The molecule has 0 radical (unpaired) electrons.